The van der Waals surface area contributed by atoms with Gasteiger partial charge in [0.25, 0.3) is 0 Å². The van der Waals surface area contributed by atoms with Crippen molar-refractivity contribution in [1.29, 1.82) is 0 Å². The highest BCUT2D eigenvalue weighted by molar-refractivity contribution is 6.06. The lowest BCUT2D eigenvalue weighted by molar-refractivity contribution is 0.0651. The highest BCUT2D eigenvalue weighted by atomic mass is 16.4. The van der Waals surface area contributed by atoms with Gasteiger partial charge in [-0.05, 0) is 34.9 Å². The zero-order chi connectivity index (χ0) is 27.1. The maximum atomic E-state index is 11.4. The van der Waals surface area contributed by atoms with Gasteiger partial charge in [0.2, 0.25) is 0 Å². The van der Waals surface area contributed by atoms with Crippen molar-refractivity contribution >= 4 is 23.9 Å². The van der Waals surface area contributed by atoms with E-state index in [4.69, 9.17) is 15.3 Å². The predicted octanol–water partition coefficient (Wildman–Crippen LogP) is 5.21. The van der Waals surface area contributed by atoms with Gasteiger partial charge < -0.3 is 25.5 Å². The third-order valence-corrected chi connectivity index (χ3v) is 5.29. The van der Waals surface area contributed by atoms with Gasteiger partial charge in [-0.2, -0.15) is 0 Å². The van der Waals surface area contributed by atoms with Crippen LogP contribution in [0.4, 0.5) is 0 Å². The van der Waals surface area contributed by atoms with Crippen molar-refractivity contribution in [3.05, 3.63) is 113 Å². The first-order valence-electron chi connectivity index (χ1n) is 10.7. The van der Waals surface area contributed by atoms with E-state index in [0.717, 1.165) is 30.3 Å². The van der Waals surface area contributed by atoms with Gasteiger partial charge in [-0.15, -0.1) is 0 Å². The molecule has 0 aliphatic heterocycles. The minimum absolute atomic E-state index is 0.00737. The Morgan fingerprint density at radius 1 is 0.459 bits per heavy atom. The van der Waals surface area contributed by atoms with Crippen molar-refractivity contribution in [3.63, 3.8) is 0 Å². The summed E-state index contributed by atoms with van der Waals surface area (Å²) in [7, 11) is 0. The van der Waals surface area contributed by atoms with Crippen LogP contribution in [-0.2, 0) is 0 Å². The number of phenols is 1. The third-order valence-electron chi connectivity index (χ3n) is 5.29. The predicted molar refractivity (Wildman–Crippen MR) is 133 cm³/mol. The fraction of sp³-hybridized carbons (Fsp3) is 0. The molecule has 0 spiro atoms. The van der Waals surface area contributed by atoms with Gasteiger partial charge in [0, 0.05) is 5.56 Å². The molecular formula is C28H20O9. The molecule has 0 heterocycles. The fourth-order valence-electron chi connectivity index (χ4n) is 3.56. The first-order chi connectivity index (χ1) is 17.6. The highest BCUT2D eigenvalue weighted by Crippen LogP contribution is 2.34. The van der Waals surface area contributed by atoms with Gasteiger partial charge in [0.05, 0.1) is 11.1 Å². The topological polar surface area (TPSA) is 169 Å². The van der Waals surface area contributed by atoms with Crippen LogP contribution in [0.3, 0.4) is 0 Å². The largest absolute Gasteiger partial charge is 0.506 e. The molecule has 0 radical (unpaired) electrons. The third kappa shape index (κ3) is 5.98. The van der Waals surface area contributed by atoms with Crippen molar-refractivity contribution < 1.29 is 44.7 Å². The van der Waals surface area contributed by atoms with Crippen molar-refractivity contribution in [2.75, 3.05) is 0 Å². The Morgan fingerprint density at radius 2 is 0.919 bits per heavy atom. The number of hydrogen-bond donors (Lipinski definition) is 5. The Labute approximate surface area is 210 Å². The minimum atomic E-state index is -1.63. The molecule has 0 amide bonds. The van der Waals surface area contributed by atoms with Gasteiger partial charge in [-0.25, -0.2) is 19.2 Å². The molecule has 9 heteroatoms. The van der Waals surface area contributed by atoms with Gasteiger partial charge in [-0.3, -0.25) is 0 Å². The minimum Gasteiger partial charge on any atom is -0.506 e. The van der Waals surface area contributed by atoms with Crippen LogP contribution < -0.4 is 0 Å². The Bertz CT molecular complexity index is 1440. The first-order valence-corrected chi connectivity index (χ1v) is 10.7. The normalized spacial score (nSPS) is 10.1. The summed E-state index contributed by atoms with van der Waals surface area (Å²) in [6.07, 6.45) is 0. The van der Waals surface area contributed by atoms with Crippen molar-refractivity contribution in [3.8, 4) is 28.0 Å². The SMILES string of the molecule is O=C(O)c1ccc(-c2ccc(C(=O)O)c(O)c2C(=O)O)cc1C(=O)O.c1ccc(-c2ccccc2)cc1. The summed E-state index contributed by atoms with van der Waals surface area (Å²) in [5.41, 5.74) is -0.0681. The van der Waals surface area contributed by atoms with Gasteiger partial charge in [0.15, 0.2) is 0 Å². The molecule has 5 N–H and O–H groups in total. The molecule has 0 aromatic heterocycles. The summed E-state index contributed by atoms with van der Waals surface area (Å²) in [5, 5.41) is 46.3. The van der Waals surface area contributed by atoms with Crippen molar-refractivity contribution in [1.82, 2.24) is 0 Å². The maximum Gasteiger partial charge on any atom is 0.340 e. The number of hydrogen-bond acceptors (Lipinski definition) is 5. The van der Waals surface area contributed by atoms with Crippen LogP contribution in [-0.4, -0.2) is 49.4 Å². The molecule has 0 aliphatic carbocycles. The molecule has 4 rings (SSSR count). The summed E-state index contributed by atoms with van der Waals surface area (Å²) in [5.74, 6) is -7.18. The standard InChI is InChI=1S/C16H10O9.C12H10/c17-12-9(14(20)21)4-3-7(11(12)16(24)25)6-1-2-8(13(18)19)10(5-6)15(22)23;1-3-7-11(8-4-1)12-9-5-2-6-10-12/h1-5,17H,(H,18,19)(H,20,21)(H,22,23)(H,24,25);1-10H. The maximum absolute atomic E-state index is 11.4. The van der Waals surface area contributed by atoms with Crippen LogP contribution in [0.25, 0.3) is 22.3 Å². The first kappa shape index (κ1) is 26.2. The molecule has 0 unspecified atom stereocenters. The Kier molecular flexibility index (Phi) is 8.01. The molecule has 4 aromatic rings. The van der Waals surface area contributed by atoms with E-state index in [-0.39, 0.29) is 11.1 Å². The van der Waals surface area contributed by atoms with E-state index in [1.165, 1.54) is 11.1 Å². The molecule has 0 bridgehead atoms. The molecule has 0 fully saturated rings. The average molecular weight is 500 g/mol. The lowest BCUT2D eigenvalue weighted by atomic mass is 9.93. The Balaban J connectivity index is 0.000000262. The molecule has 186 valence electrons. The second-order valence-electron chi connectivity index (χ2n) is 7.60. The summed E-state index contributed by atoms with van der Waals surface area (Å²) < 4.78 is 0. The fourth-order valence-corrected chi connectivity index (χ4v) is 3.56. The number of benzene rings is 4. The summed E-state index contributed by atoms with van der Waals surface area (Å²) >= 11 is 0. The van der Waals surface area contributed by atoms with E-state index >= 15 is 0 Å². The molecule has 0 saturated heterocycles. The number of rotatable bonds is 6. The van der Waals surface area contributed by atoms with Gasteiger partial charge in [0.1, 0.15) is 16.9 Å². The quantitative estimate of drug-likeness (QED) is 0.239. The summed E-state index contributed by atoms with van der Waals surface area (Å²) in [4.78, 5) is 44.7. The van der Waals surface area contributed by atoms with Crippen LogP contribution in [0.2, 0.25) is 0 Å². The van der Waals surface area contributed by atoms with E-state index in [1.54, 1.807) is 0 Å². The van der Waals surface area contributed by atoms with Crippen LogP contribution in [0.1, 0.15) is 41.4 Å². The monoisotopic (exact) mass is 500 g/mol. The van der Waals surface area contributed by atoms with Crippen LogP contribution in [0, 0.1) is 0 Å². The molecule has 4 aromatic carbocycles. The Hall–Kier alpha value is -5.44. The lowest BCUT2D eigenvalue weighted by Gasteiger charge is -2.12. The molecule has 0 saturated carbocycles. The number of aromatic hydroxyl groups is 1. The second kappa shape index (κ2) is 11.3. The van der Waals surface area contributed by atoms with E-state index in [1.807, 2.05) is 12.1 Å². The summed E-state index contributed by atoms with van der Waals surface area (Å²) in [6.45, 7) is 0. The van der Waals surface area contributed by atoms with Crippen molar-refractivity contribution in [2.45, 2.75) is 0 Å². The van der Waals surface area contributed by atoms with E-state index in [9.17, 15) is 29.4 Å². The van der Waals surface area contributed by atoms with Gasteiger partial charge >= 0.3 is 23.9 Å². The average Bonchev–Trinajstić information content (AvgIpc) is 2.89. The van der Waals surface area contributed by atoms with Crippen LogP contribution >= 0.6 is 0 Å². The number of carbonyl (C=O) groups is 4. The number of aromatic carboxylic acids is 4. The van der Waals surface area contributed by atoms with Crippen LogP contribution in [0.5, 0.6) is 5.75 Å². The van der Waals surface area contributed by atoms with E-state index in [2.05, 4.69) is 48.5 Å². The zero-order valence-corrected chi connectivity index (χ0v) is 19.0. The smallest absolute Gasteiger partial charge is 0.340 e. The van der Waals surface area contributed by atoms with Gasteiger partial charge in [-0.1, -0.05) is 72.8 Å². The molecular weight excluding hydrogens is 480 g/mol. The molecule has 9 nitrogen and oxygen atoms in total. The zero-order valence-electron chi connectivity index (χ0n) is 19.0. The number of carboxylic acids is 4. The van der Waals surface area contributed by atoms with E-state index in [0.29, 0.717) is 0 Å². The molecule has 0 aliphatic rings. The number of carboxylic acid groups (broad SMARTS) is 4. The highest BCUT2D eigenvalue weighted by Gasteiger charge is 2.24. The summed E-state index contributed by atoms with van der Waals surface area (Å²) in [6, 6.07) is 25.9. The molecule has 37 heavy (non-hydrogen) atoms. The Morgan fingerprint density at radius 3 is 1.35 bits per heavy atom. The van der Waals surface area contributed by atoms with Crippen LogP contribution in [0.15, 0.2) is 91.0 Å². The molecule has 0 atom stereocenters. The lowest BCUT2D eigenvalue weighted by Crippen LogP contribution is -2.09. The second-order valence-corrected chi connectivity index (χ2v) is 7.60. The van der Waals surface area contributed by atoms with Crippen molar-refractivity contribution in [2.24, 2.45) is 0 Å². The van der Waals surface area contributed by atoms with E-state index < -0.39 is 51.9 Å².